The van der Waals surface area contributed by atoms with Crippen LogP contribution in [0.15, 0.2) is 40.4 Å². The Morgan fingerprint density at radius 2 is 1.52 bits per heavy atom. The van der Waals surface area contributed by atoms with Gasteiger partial charge in [-0.3, -0.25) is 0 Å². The van der Waals surface area contributed by atoms with Crippen molar-refractivity contribution in [2.24, 2.45) is 0 Å². The first-order valence-electron chi connectivity index (χ1n) is 8.54. The lowest BCUT2D eigenvalue weighted by Gasteiger charge is -2.14. The molecule has 0 spiro atoms. The number of hydrogen-bond acceptors (Lipinski definition) is 0. The van der Waals surface area contributed by atoms with E-state index in [1.54, 1.807) is 0 Å². The van der Waals surface area contributed by atoms with Gasteiger partial charge >= 0.3 is 0 Å². The lowest BCUT2D eigenvalue weighted by atomic mass is 9.91. The molecule has 1 unspecified atom stereocenters. The van der Waals surface area contributed by atoms with Crippen molar-refractivity contribution < 1.29 is 0 Å². The first kappa shape index (κ1) is 18.5. The molecule has 1 heteroatoms. The summed E-state index contributed by atoms with van der Waals surface area (Å²) in [5.41, 5.74) is 2.87. The molecule has 1 rings (SSSR count). The van der Waals surface area contributed by atoms with Crippen LogP contribution in [0.1, 0.15) is 83.6 Å². The van der Waals surface area contributed by atoms with E-state index < -0.39 is 0 Å². The average Bonchev–Trinajstić information content (AvgIpc) is 2.45. The Morgan fingerprint density at radius 3 is 2.10 bits per heavy atom. The Hall–Kier alpha value is -0.560. The van der Waals surface area contributed by atoms with Gasteiger partial charge in [-0.15, -0.1) is 0 Å². The van der Waals surface area contributed by atoms with Crippen molar-refractivity contribution >= 4 is 15.9 Å². The zero-order valence-corrected chi connectivity index (χ0v) is 15.6. The Labute approximate surface area is 140 Å². The van der Waals surface area contributed by atoms with Crippen molar-refractivity contribution in [1.82, 2.24) is 0 Å². The van der Waals surface area contributed by atoms with Crippen molar-refractivity contribution in [1.29, 1.82) is 0 Å². The summed E-state index contributed by atoms with van der Waals surface area (Å²) in [6, 6.07) is 8.84. The minimum absolute atomic E-state index is 0.582. The molecule has 1 atom stereocenters. The topological polar surface area (TPSA) is 0 Å². The Balaban J connectivity index is 2.41. The SMILES string of the molecule is CCCCCCCCCC(C=C(C)C)c1ccc(Br)cc1. The highest BCUT2D eigenvalue weighted by Gasteiger charge is 2.08. The number of halogens is 1. The van der Waals surface area contributed by atoms with Gasteiger partial charge in [-0.1, -0.05) is 91.6 Å². The predicted octanol–water partition coefficient (Wildman–Crippen LogP) is 7.64. The first-order chi connectivity index (χ1) is 10.1. The van der Waals surface area contributed by atoms with Gasteiger partial charge in [-0.05, 0) is 38.0 Å². The monoisotopic (exact) mass is 350 g/mol. The fourth-order valence-corrected chi connectivity index (χ4v) is 3.04. The van der Waals surface area contributed by atoms with E-state index in [-0.39, 0.29) is 0 Å². The van der Waals surface area contributed by atoms with Gasteiger partial charge < -0.3 is 0 Å². The minimum Gasteiger partial charge on any atom is -0.0798 e. The predicted molar refractivity (Wildman–Crippen MR) is 98.9 cm³/mol. The Kier molecular flexibility index (Phi) is 9.74. The number of benzene rings is 1. The summed E-state index contributed by atoms with van der Waals surface area (Å²) in [7, 11) is 0. The zero-order chi connectivity index (χ0) is 15.5. The summed E-state index contributed by atoms with van der Waals surface area (Å²) < 4.78 is 1.16. The third-order valence-corrected chi connectivity index (χ3v) is 4.48. The quantitative estimate of drug-likeness (QED) is 0.300. The summed E-state index contributed by atoms with van der Waals surface area (Å²) in [6.45, 7) is 6.69. The largest absolute Gasteiger partial charge is 0.0798 e. The van der Waals surface area contributed by atoms with Crippen LogP contribution in [0.2, 0.25) is 0 Å². The van der Waals surface area contributed by atoms with Crippen LogP contribution < -0.4 is 0 Å². The second-order valence-corrected chi connectivity index (χ2v) is 7.23. The van der Waals surface area contributed by atoms with E-state index in [4.69, 9.17) is 0 Å². The summed E-state index contributed by atoms with van der Waals surface area (Å²) in [5.74, 6) is 0.582. The van der Waals surface area contributed by atoms with Gasteiger partial charge in [-0.2, -0.15) is 0 Å². The fourth-order valence-electron chi connectivity index (χ4n) is 2.78. The molecular formula is C20H31Br. The van der Waals surface area contributed by atoms with E-state index in [1.165, 1.54) is 62.5 Å². The Bertz CT molecular complexity index is 398. The highest BCUT2D eigenvalue weighted by Crippen LogP contribution is 2.27. The van der Waals surface area contributed by atoms with Crippen molar-refractivity contribution in [2.75, 3.05) is 0 Å². The van der Waals surface area contributed by atoms with Crippen molar-refractivity contribution in [3.8, 4) is 0 Å². The molecule has 0 saturated carbocycles. The second-order valence-electron chi connectivity index (χ2n) is 6.31. The van der Waals surface area contributed by atoms with Crippen LogP contribution in [0, 0.1) is 0 Å². The standard InChI is InChI=1S/C20H31Br/c1-4-5-6-7-8-9-10-11-19(16-17(2)3)18-12-14-20(21)15-13-18/h12-16,19H,4-11H2,1-3H3. The van der Waals surface area contributed by atoms with Crippen molar-refractivity contribution in [2.45, 2.75) is 78.1 Å². The summed E-state index contributed by atoms with van der Waals surface area (Å²) in [6.07, 6.45) is 13.4. The molecule has 0 fully saturated rings. The van der Waals surface area contributed by atoms with Crippen LogP contribution in [0.3, 0.4) is 0 Å². The zero-order valence-electron chi connectivity index (χ0n) is 14.0. The van der Waals surface area contributed by atoms with Crippen LogP contribution in [0.25, 0.3) is 0 Å². The molecule has 21 heavy (non-hydrogen) atoms. The van der Waals surface area contributed by atoms with Gasteiger partial charge in [0, 0.05) is 10.4 Å². The summed E-state index contributed by atoms with van der Waals surface area (Å²) >= 11 is 3.52. The lowest BCUT2D eigenvalue weighted by molar-refractivity contribution is 0.562. The highest BCUT2D eigenvalue weighted by atomic mass is 79.9. The highest BCUT2D eigenvalue weighted by molar-refractivity contribution is 9.10. The molecule has 0 heterocycles. The smallest absolute Gasteiger partial charge is 0.0175 e. The molecule has 1 aromatic carbocycles. The normalized spacial score (nSPS) is 12.2. The third kappa shape index (κ3) is 8.46. The van der Waals surface area contributed by atoms with E-state index in [0.717, 1.165) is 4.47 Å². The Morgan fingerprint density at radius 1 is 0.952 bits per heavy atom. The van der Waals surface area contributed by atoms with Crippen molar-refractivity contribution in [3.05, 3.63) is 46.0 Å². The number of allylic oxidation sites excluding steroid dienone is 2. The minimum atomic E-state index is 0.582. The molecule has 118 valence electrons. The molecule has 0 amide bonds. The van der Waals surface area contributed by atoms with E-state index in [9.17, 15) is 0 Å². The van der Waals surface area contributed by atoms with Crippen LogP contribution in [0.4, 0.5) is 0 Å². The van der Waals surface area contributed by atoms with Crippen molar-refractivity contribution in [3.63, 3.8) is 0 Å². The maximum atomic E-state index is 3.52. The maximum absolute atomic E-state index is 3.52. The lowest BCUT2D eigenvalue weighted by Crippen LogP contribution is -1.96. The number of hydrogen-bond donors (Lipinski definition) is 0. The van der Waals surface area contributed by atoms with Gasteiger partial charge in [0.05, 0.1) is 0 Å². The fraction of sp³-hybridized carbons (Fsp3) is 0.600. The molecule has 1 aromatic rings. The molecule has 0 N–H and O–H groups in total. The van der Waals surface area contributed by atoms with Gasteiger partial charge in [0.2, 0.25) is 0 Å². The van der Waals surface area contributed by atoms with Gasteiger partial charge in [0.15, 0.2) is 0 Å². The molecule has 0 aromatic heterocycles. The average molecular weight is 351 g/mol. The van der Waals surface area contributed by atoms with Gasteiger partial charge in [0.1, 0.15) is 0 Å². The third-order valence-electron chi connectivity index (χ3n) is 3.95. The first-order valence-corrected chi connectivity index (χ1v) is 9.33. The van der Waals surface area contributed by atoms with Crippen LogP contribution >= 0.6 is 15.9 Å². The molecule has 0 radical (unpaired) electrons. The number of rotatable bonds is 10. The molecule has 0 bridgehead atoms. The number of unbranched alkanes of at least 4 members (excludes halogenated alkanes) is 6. The second kappa shape index (κ2) is 11.1. The van der Waals surface area contributed by atoms with E-state index in [1.807, 2.05) is 0 Å². The molecule has 0 aliphatic heterocycles. The van der Waals surface area contributed by atoms with E-state index >= 15 is 0 Å². The summed E-state index contributed by atoms with van der Waals surface area (Å²) in [5, 5.41) is 0. The van der Waals surface area contributed by atoms with Crippen LogP contribution in [-0.2, 0) is 0 Å². The molecule has 0 nitrogen and oxygen atoms in total. The molecule has 0 aliphatic carbocycles. The van der Waals surface area contributed by atoms with E-state index in [2.05, 4.69) is 67.0 Å². The molecular weight excluding hydrogens is 320 g/mol. The summed E-state index contributed by atoms with van der Waals surface area (Å²) in [4.78, 5) is 0. The van der Waals surface area contributed by atoms with Gasteiger partial charge in [-0.25, -0.2) is 0 Å². The van der Waals surface area contributed by atoms with Crippen LogP contribution in [0.5, 0.6) is 0 Å². The van der Waals surface area contributed by atoms with Gasteiger partial charge in [0.25, 0.3) is 0 Å². The molecule has 0 aliphatic rings. The molecule has 0 saturated heterocycles. The van der Waals surface area contributed by atoms with Crippen LogP contribution in [-0.4, -0.2) is 0 Å². The maximum Gasteiger partial charge on any atom is 0.0175 e. The van der Waals surface area contributed by atoms with E-state index in [0.29, 0.717) is 5.92 Å².